The van der Waals surface area contributed by atoms with Gasteiger partial charge in [-0.15, -0.1) is 0 Å². The van der Waals surface area contributed by atoms with Gasteiger partial charge >= 0.3 is 6.05 Å². The maximum absolute atomic E-state index is 14.2. The van der Waals surface area contributed by atoms with Crippen molar-refractivity contribution in [1.82, 2.24) is 15.1 Å². The average Bonchev–Trinajstić information content (AvgIpc) is 2.92. The molecule has 1 aromatic heterocycles. The van der Waals surface area contributed by atoms with Crippen LogP contribution in [0, 0.1) is 11.8 Å². The van der Waals surface area contributed by atoms with Crippen molar-refractivity contribution < 1.29 is 13.6 Å². The van der Waals surface area contributed by atoms with E-state index in [4.69, 9.17) is 0 Å². The van der Waals surface area contributed by atoms with Crippen LogP contribution < -0.4 is 5.32 Å². The Kier molecular flexibility index (Phi) is 5.53. The molecule has 1 unspecified atom stereocenters. The monoisotopic (exact) mass is 313 g/mol. The molecular weight excluding hydrogens is 288 g/mol. The molecule has 2 rings (SSSR count). The third-order valence-corrected chi connectivity index (χ3v) is 4.60. The Morgan fingerprint density at radius 2 is 2.14 bits per heavy atom. The molecule has 1 aromatic rings. The normalized spacial score (nSPS) is 18.2. The second-order valence-electron chi connectivity index (χ2n) is 6.46. The lowest BCUT2D eigenvalue weighted by Crippen LogP contribution is -2.46. The first kappa shape index (κ1) is 16.9. The highest BCUT2D eigenvalue weighted by atomic mass is 19.3. The van der Waals surface area contributed by atoms with Crippen molar-refractivity contribution in [3.63, 3.8) is 0 Å². The maximum atomic E-state index is 14.2. The zero-order valence-corrected chi connectivity index (χ0v) is 13.3. The van der Waals surface area contributed by atoms with Crippen molar-refractivity contribution in [2.24, 2.45) is 18.9 Å². The molecule has 22 heavy (non-hydrogen) atoms. The molecule has 0 aromatic carbocycles. The van der Waals surface area contributed by atoms with E-state index in [0.717, 1.165) is 19.3 Å². The summed E-state index contributed by atoms with van der Waals surface area (Å²) in [6, 6.07) is -3.19. The summed E-state index contributed by atoms with van der Waals surface area (Å²) in [7, 11) is 1.64. The van der Waals surface area contributed by atoms with E-state index in [1.807, 2.05) is 5.32 Å². The Hall–Kier alpha value is -1.46. The lowest BCUT2D eigenvalue weighted by molar-refractivity contribution is -0.0781. The zero-order chi connectivity index (χ0) is 16.2. The molecule has 0 radical (unpaired) electrons. The van der Waals surface area contributed by atoms with Gasteiger partial charge in [0.15, 0.2) is 0 Å². The fourth-order valence-electron chi connectivity index (χ4n) is 3.03. The first-order valence-corrected chi connectivity index (χ1v) is 8.07. The predicted octanol–water partition coefficient (Wildman–Crippen LogP) is 3.74. The minimum atomic E-state index is -3.19. The first-order chi connectivity index (χ1) is 10.4. The summed E-state index contributed by atoms with van der Waals surface area (Å²) in [5.41, 5.74) is 0.154. The minimum absolute atomic E-state index is 0.154. The quantitative estimate of drug-likeness (QED) is 0.813. The number of halogens is 2. The third-order valence-electron chi connectivity index (χ3n) is 4.60. The van der Waals surface area contributed by atoms with Crippen LogP contribution in [0.3, 0.4) is 0 Å². The number of carbonyl (C=O) groups excluding carboxylic acids is 1. The number of carbonyl (C=O) groups is 1. The van der Waals surface area contributed by atoms with Gasteiger partial charge in [-0.25, -0.2) is 0 Å². The Morgan fingerprint density at radius 3 is 2.73 bits per heavy atom. The minimum Gasteiger partial charge on any atom is -0.293 e. The van der Waals surface area contributed by atoms with Crippen molar-refractivity contribution in [2.75, 3.05) is 0 Å². The van der Waals surface area contributed by atoms with Crippen LogP contribution in [0.2, 0.25) is 0 Å². The van der Waals surface area contributed by atoms with E-state index in [-0.39, 0.29) is 5.56 Å². The molecule has 6 heteroatoms. The molecule has 1 fully saturated rings. The number of rotatable bonds is 6. The molecule has 1 aliphatic carbocycles. The van der Waals surface area contributed by atoms with E-state index in [2.05, 4.69) is 5.10 Å². The van der Waals surface area contributed by atoms with Crippen molar-refractivity contribution in [1.29, 1.82) is 0 Å². The van der Waals surface area contributed by atoms with E-state index in [9.17, 15) is 13.6 Å². The van der Waals surface area contributed by atoms with Gasteiger partial charge in [-0.05, 0) is 18.8 Å². The smallest absolute Gasteiger partial charge is 0.293 e. The zero-order valence-electron chi connectivity index (χ0n) is 13.3. The van der Waals surface area contributed by atoms with Gasteiger partial charge < -0.3 is 0 Å². The number of nitrogens with zero attached hydrogens (tertiary/aromatic N) is 2. The topological polar surface area (TPSA) is 46.9 Å². The number of amides is 1. The Labute approximate surface area is 130 Å². The summed E-state index contributed by atoms with van der Waals surface area (Å²) in [4.78, 5) is 11.8. The second kappa shape index (κ2) is 7.20. The van der Waals surface area contributed by atoms with Crippen molar-refractivity contribution >= 4 is 5.91 Å². The molecule has 0 bridgehead atoms. The van der Waals surface area contributed by atoms with Gasteiger partial charge in [0.2, 0.25) is 0 Å². The SMILES string of the molecule is CC(CCC1CCCCC1)C(F)(F)NC(=O)c1cnn(C)c1. The Balaban J connectivity index is 1.83. The number of hydrogen-bond acceptors (Lipinski definition) is 2. The van der Waals surface area contributed by atoms with E-state index in [1.165, 1.54) is 43.3 Å². The molecule has 1 N–H and O–H groups in total. The number of alkyl halides is 2. The van der Waals surface area contributed by atoms with Crippen LogP contribution >= 0.6 is 0 Å². The first-order valence-electron chi connectivity index (χ1n) is 8.07. The number of aromatic nitrogens is 2. The van der Waals surface area contributed by atoms with E-state index < -0.39 is 17.9 Å². The summed E-state index contributed by atoms with van der Waals surface area (Å²) < 4.78 is 29.7. The highest BCUT2D eigenvalue weighted by molar-refractivity contribution is 5.93. The standard InChI is InChI=1S/C16H25F2N3O/c1-12(8-9-13-6-4-3-5-7-13)16(17,18)20-15(22)14-10-19-21(2)11-14/h10-13H,3-9H2,1-2H3,(H,20,22). The number of aryl methyl sites for hydroxylation is 1. The molecule has 0 aliphatic heterocycles. The van der Waals surface area contributed by atoms with Crippen molar-refractivity contribution in [3.8, 4) is 0 Å². The lowest BCUT2D eigenvalue weighted by Gasteiger charge is -2.27. The molecule has 124 valence electrons. The third kappa shape index (κ3) is 4.52. The predicted molar refractivity (Wildman–Crippen MR) is 80.6 cm³/mol. The highest BCUT2D eigenvalue weighted by Crippen LogP contribution is 2.32. The Morgan fingerprint density at radius 1 is 1.45 bits per heavy atom. The van der Waals surface area contributed by atoms with Gasteiger partial charge in [-0.2, -0.15) is 13.9 Å². The number of nitrogens with one attached hydrogen (secondary N) is 1. The molecule has 0 saturated heterocycles. The van der Waals surface area contributed by atoms with Crippen LogP contribution in [0.5, 0.6) is 0 Å². The average molecular weight is 313 g/mol. The van der Waals surface area contributed by atoms with Crippen LogP contribution in [0.4, 0.5) is 8.78 Å². The van der Waals surface area contributed by atoms with Crippen LogP contribution in [0.1, 0.15) is 62.2 Å². The van der Waals surface area contributed by atoms with Crippen LogP contribution in [-0.4, -0.2) is 21.7 Å². The van der Waals surface area contributed by atoms with Crippen LogP contribution in [0.15, 0.2) is 12.4 Å². The van der Waals surface area contributed by atoms with Crippen molar-refractivity contribution in [3.05, 3.63) is 18.0 Å². The number of hydrogen-bond donors (Lipinski definition) is 1. The fraction of sp³-hybridized carbons (Fsp3) is 0.750. The summed E-state index contributed by atoms with van der Waals surface area (Å²) in [6.07, 6.45) is 9.98. The van der Waals surface area contributed by atoms with E-state index >= 15 is 0 Å². The van der Waals surface area contributed by atoms with Gasteiger partial charge in [-0.1, -0.05) is 39.0 Å². The van der Waals surface area contributed by atoms with Gasteiger partial charge in [-0.3, -0.25) is 14.8 Å². The molecule has 1 saturated carbocycles. The largest absolute Gasteiger partial charge is 0.328 e. The highest BCUT2D eigenvalue weighted by Gasteiger charge is 2.38. The molecule has 1 aliphatic rings. The van der Waals surface area contributed by atoms with Gasteiger partial charge in [0.1, 0.15) is 0 Å². The Bertz CT molecular complexity index is 495. The molecule has 1 heterocycles. The molecule has 1 amide bonds. The molecule has 4 nitrogen and oxygen atoms in total. The molecule has 1 atom stereocenters. The summed E-state index contributed by atoms with van der Waals surface area (Å²) in [6.45, 7) is 1.51. The van der Waals surface area contributed by atoms with Gasteiger partial charge in [0.05, 0.1) is 11.8 Å². The summed E-state index contributed by atoms with van der Waals surface area (Å²) in [5.74, 6) is -1.07. The van der Waals surface area contributed by atoms with Crippen LogP contribution in [-0.2, 0) is 7.05 Å². The van der Waals surface area contributed by atoms with E-state index in [1.54, 1.807) is 7.05 Å². The molecular formula is C16H25F2N3O. The van der Waals surface area contributed by atoms with Gasteiger partial charge in [0.25, 0.3) is 5.91 Å². The second-order valence-corrected chi connectivity index (χ2v) is 6.46. The van der Waals surface area contributed by atoms with Crippen molar-refractivity contribution in [2.45, 2.75) is 57.9 Å². The van der Waals surface area contributed by atoms with E-state index in [0.29, 0.717) is 12.3 Å². The van der Waals surface area contributed by atoms with Gasteiger partial charge in [0, 0.05) is 19.2 Å². The fourth-order valence-corrected chi connectivity index (χ4v) is 3.03. The summed E-state index contributed by atoms with van der Waals surface area (Å²) in [5, 5.41) is 5.67. The summed E-state index contributed by atoms with van der Waals surface area (Å²) >= 11 is 0. The lowest BCUT2D eigenvalue weighted by atomic mass is 9.84. The maximum Gasteiger partial charge on any atom is 0.328 e. The van der Waals surface area contributed by atoms with Crippen LogP contribution in [0.25, 0.3) is 0 Å². The molecule has 0 spiro atoms.